The number of aromatic nitrogens is 5. The van der Waals surface area contributed by atoms with E-state index in [0.717, 1.165) is 28.5 Å². The Morgan fingerprint density at radius 3 is 2.57 bits per heavy atom. The Balaban J connectivity index is 1.69. The molecule has 154 valence electrons. The van der Waals surface area contributed by atoms with Crippen LogP contribution in [0.15, 0.2) is 60.8 Å². The molecule has 0 saturated carbocycles. The number of nitrogens with one attached hydrogen (secondary N) is 1. The summed E-state index contributed by atoms with van der Waals surface area (Å²) in [6.45, 7) is 3.40. The summed E-state index contributed by atoms with van der Waals surface area (Å²) in [6.07, 6.45) is 1.78. The van der Waals surface area contributed by atoms with Crippen molar-refractivity contribution < 1.29 is 9.13 Å². The van der Waals surface area contributed by atoms with Crippen LogP contribution in [0.2, 0.25) is 0 Å². The molecule has 8 heteroatoms. The third kappa shape index (κ3) is 4.08. The predicted octanol–water partition coefficient (Wildman–Crippen LogP) is 4.09. The second-order valence-corrected chi connectivity index (χ2v) is 6.78. The van der Waals surface area contributed by atoms with Gasteiger partial charge in [-0.05, 0) is 36.8 Å². The van der Waals surface area contributed by atoms with Crippen LogP contribution in [0.25, 0.3) is 22.6 Å². The highest BCUT2D eigenvalue weighted by Gasteiger charge is 2.21. The van der Waals surface area contributed by atoms with Crippen molar-refractivity contribution in [1.29, 1.82) is 0 Å². The van der Waals surface area contributed by atoms with Crippen LogP contribution in [-0.4, -0.2) is 31.2 Å². The molecule has 2 aromatic carbocycles. The second-order valence-electron chi connectivity index (χ2n) is 6.78. The van der Waals surface area contributed by atoms with Crippen LogP contribution < -0.4 is 5.32 Å². The first-order valence-corrected chi connectivity index (χ1v) is 9.74. The van der Waals surface area contributed by atoms with E-state index < -0.39 is 0 Å². The van der Waals surface area contributed by atoms with Crippen molar-refractivity contribution in [1.82, 2.24) is 24.5 Å². The van der Waals surface area contributed by atoms with Crippen molar-refractivity contribution in [3.63, 3.8) is 0 Å². The van der Waals surface area contributed by atoms with Crippen molar-refractivity contribution in [2.75, 3.05) is 11.9 Å². The Hall–Kier alpha value is -3.52. The molecule has 2 aromatic heterocycles. The third-order valence-corrected chi connectivity index (χ3v) is 4.79. The second kappa shape index (κ2) is 8.87. The Bertz CT molecular complexity index is 1100. The minimum absolute atomic E-state index is 0.262. The molecule has 0 radical (unpaired) electrons. The van der Waals surface area contributed by atoms with Crippen LogP contribution >= 0.6 is 0 Å². The van der Waals surface area contributed by atoms with Gasteiger partial charge in [-0.15, -0.1) is 5.10 Å². The molecule has 1 N–H and O–H groups in total. The van der Waals surface area contributed by atoms with Gasteiger partial charge in [0.1, 0.15) is 23.9 Å². The summed E-state index contributed by atoms with van der Waals surface area (Å²) in [5.74, 6) is 0.429. The van der Waals surface area contributed by atoms with Crippen LogP contribution in [0.1, 0.15) is 12.5 Å². The zero-order valence-electron chi connectivity index (χ0n) is 16.9. The van der Waals surface area contributed by atoms with E-state index in [4.69, 9.17) is 4.74 Å². The normalized spacial score (nSPS) is 11.0. The van der Waals surface area contributed by atoms with Gasteiger partial charge in [-0.2, -0.15) is 0 Å². The van der Waals surface area contributed by atoms with Gasteiger partial charge in [0.25, 0.3) is 0 Å². The third-order valence-electron chi connectivity index (χ3n) is 4.79. The van der Waals surface area contributed by atoms with Crippen LogP contribution in [0.3, 0.4) is 0 Å². The fraction of sp³-hybridized carbons (Fsp3) is 0.227. The smallest absolute Gasteiger partial charge is 0.203 e. The van der Waals surface area contributed by atoms with Crippen LogP contribution in [0.4, 0.5) is 10.3 Å². The highest BCUT2D eigenvalue weighted by Crippen LogP contribution is 2.31. The molecule has 2 heterocycles. The lowest BCUT2D eigenvalue weighted by molar-refractivity contribution is 0.0789. The van der Waals surface area contributed by atoms with Gasteiger partial charge in [-0.3, -0.25) is 0 Å². The SMILES string of the molecule is CCOCn1nnc(-c2ccc(F)cc2)c1-c1cnc(NCc2ccccc2)n1C. The Labute approximate surface area is 174 Å². The van der Waals surface area contributed by atoms with Crippen molar-refractivity contribution in [2.45, 2.75) is 20.2 Å². The first-order chi connectivity index (χ1) is 14.7. The maximum absolute atomic E-state index is 13.4. The van der Waals surface area contributed by atoms with Gasteiger partial charge in [-0.25, -0.2) is 14.1 Å². The van der Waals surface area contributed by atoms with E-state index in [9.17, 15) is 4.39 Å². The number of hydrogen-bond donors (Lipinski definition) is 1. The lowest BCUT2D eigenvalue weighted by atomic mass is 10.1. The summed E-state index contributed by atoms with van der Waals surface area (Å²) < 4.78 is 22.6. The molecule has 0 aliphatic rings. The monoisotopic (exact) mass is 406 g/mol. The van der Waals surface area contributed by atoms with Gasteiger partial charge in [0.15, 0.2) is 0 Å². The molecule has 4 rings (SSSR count). The molecule has 0 spiro atoms. The lowest BCUT2D eigenvalue weighted by Gasteiger charge is -2.11. The fourth-order valence-electron chi connectivity index (χ4n) is 3.21. The van der Waals surface area contributed by atoms with Gasteiger partial charge in [0, 0.05) is 25.8 Å². The summed E-state index contributed by atoms with van der Waals surface area (Å²) in [6, 6.07) is 16.3. The van der Waals surface area contributed by atoms with E-state index in [1.807, 2.05) is 36.7 Å². The minimum atomic E-state index is -0.296. The Morgan fingerprint density at radius 2 is 1.83 bits per heavy atom. The minimum Gasteiger partial charge on any atom is -0.359 e. The standard InChI is InChI=1S/C22H23FN6O/c1-3-30-15-29-21(20(26-27-29)17-9-11-18(23)12-10-17)19-14-25-22(28(19)2)24-13-16-7-5-4-6-8-16/h4-12,14H,3,13,15H2,1-2H3,(H,24,25). The molecule has 0 aliphatic heterocycles. The van der Waals surface area contributed by atoms with Crippen LogP contribution in [0, 0.1) is 5.82 Å². The molecule has 0 saturated heterocycles. The Morgan fingerprint density at radius 1 is 1.07 bits per heavy atom. The first kappa shape index (κ1) is 19.8. The molecule has 30 heavy (non-hydrogen) atoms. The number of imidazole rings is 1. The van der Waals surface area contributed by atoms with Crippen molar-refractivity contribution in [3.8, 4) is 22.6 Å². The average Bonchev–Trinajstić information content (AvgIpc) is 3.35. The highest BCUT2D eigenvalue weighted by atomic mass is 19.1. The molecule has 7 nitrogen and oxygen atoms in total. The number of hydrogen-bond acceptors (Lipinski definition) is 5. The number of benzene rings is 2. The zero-order chi connectivity index (χ0) is 20.9. The maximum atomic E-state index is 13.4. The summed E-state index contributed by atoms with van der Waals surface area (Å²) in [7, 11) is 1.93. The number of ether oxygens (including phenoxy) is 1. The number of halogens is 1. The predicted molar refractivity (Wildman–Crippen MR) is 113 cm³/mol. The highest BCUT2D eigenvalue weighted by molar-refractivity contribution is 5.76. The number of rotatable bonds is 8. The summed E-state index contributed by atoms with van der Waals surface area (Å²) in [5.41, 5.74) is 4.17. The maximum Gasteiger partial charge on any atom is 0.203 e. The zero-order valence-corrected chi connectivity index (χ0v) is 16.9. The molecule has 0 atom stereocenters. The van der Waals surface area contributed by atoms with Gasteiger partial charge >= 0.3 is 0 Å². The molecule has 0 unspecified atom stereocenters. The van der Waals surface area contributed by atoms with Crippen LogP contribution in [-0.2, 0) is 25.1 Å². The van der Waals surface area contributed by atoms with Gasteiger partial charge in [0.05, 0.1) is 11.9 Å². The number of nitrogens with zero attached hydrogens (tertiary/aromatic N) is 5. The van der Waals surface area contributed by atoms with Crippen molar-refractivity contribution >= 4 is 5.95 Å². The Kier molecular flexibility index (Phi) is 5.85. The summed E-state index contributed by atoms with van der Waals surface area (Å²) in [5, 5.41) is 12.0. The molecule has 0 bridgehead atoms. The van der Waals surface area contributed by atoms with E-state index >= 15 is 0 Å². The molecular weight excluding hydrogens is 383 g/mol. The van der Waals surface area contributed by atoms with E-state index in [1.54, 1.807) is 23.0 Å². The average molecular weight is 406 g/mol. The largest absolute Gasteiger partial charge is 0.359 e. The van der Waals surface area contributed by atoms with Crippen molar-refractivity contribution in [3.05, 3.63) is 72.2 Å². The quantitative estimate of drug-likeness (QED) is 0.477. The fourth-order valence-corrected chi connectivity index (χ4v) is 3.21. The lowest BCUT2D eigenvalue weighted by Crippen LogP contribution is -2.09. The van der Waals surface area contributed by atoms with Gasteiger partial charge in [0.2, 0.25) is 5.95 Å². The molecule has 0 fully saturated rings. The number of anilines is 1. The van der Waals surface area contributed by atoms with Gasteiger partial charge in [-0.1, -0.05) is 35.5 Å². The molecule has 4 aromatic rings. The van der Waals surface area contributed by atoms with Crippen molar-refractivity contribution in [2.24, 2.45) is 7.05 Å². The topological polar surface area (TPSA) is 69.8 Å². The van der Waals surface area contributed by atoms with E-state index in [0.29, 0.717) is 18.8 Å². The van der Waals surface area contributed by atoms with Gasteiger partial charge < -0.3 is 14.6 Å². The summed E-state index contributed by atoms with van der Waals surface area (Å²) in [4.78, 5) is 4.54. The van der Waals surface area contributed by atoms with Crippen LogP contribution in [0.5, 0.6) is 0 Å². The molecular formula is C22H23FN6O. The summed E-state index contributed by atoms with van der Waals surface area (Å²) >= 11 is 0. The van der Waals surface area contributed by atoms with E-state index in [1.165, 1.54) is 12.1 Å². The molecule has 0 aliphatic carbocycles. The molecule has 0 amide bonds. The van der Waals surface area contributed by atoms with E-state index in [-0.39, 0.29) is 12.5 Å². The first-order valence-electron chi connectivity index (χ1n) is 9.74. The van der Waals surface area contributed by atoms with E-state index in [2.05, 4.69) is 32.7 Å².